The van der Waals surface area contributed by atoms with Crippen molar-refractivity contribution in [3.05, 3.63) is 24.0 Å². The summed E-state index contributed by atoms with van der Waals surface area (Å²) in [7, 11) is -7.79. The Morgan fingerprint density at radius 1 is 1.24 bits per heavy atom. The average molecular weight is 338 g/mol. The molecule has 0 heterocycles. The number of amides is 1. The highest BCUT2D eigenvalue weighted by Crippen LogP contribution is 2.22. The first kappa shape index (κ1) is 17.5. The fourth-order valence-corrected chi connectivity index (χ4v) is 2.13. The molecule has 0 bridgehead atoms. The van der Waals surface area contributed by atoms with E-state index in [0.29, 0.717) is 6.07 Å². The molecule has 0 saturated heterocycles. The fourth-order valence-electron chi connectivity index (χ4n) is 1.22. The molecular weight excluding hydrogens is 323 g/mol. The molecule has 0 aliphatic carbocycles. The van der Waals surface area contributed by atoms with Crippen molar-refractivity contribution in [2.24, 2.45) is 5.14 Å². The first-order chi connectivity index (χ1) is 9.26. The molecule has 118 valence electrons. The highest BCUT2D eigenvalue weighted by Gasteiger charge is 2.38. The van der Waals surface area contributed by atoms with Crippen LogP contribution in [0.15, 0.2) is 23.1 Å². The Hall–Kier alpha value is -1.52. The van der Waals surface area contributed by atoms with Crippen LogP contribution >= 0.6 is 0 Å². The number of hydrogen-bond donors (Lipinski definition) is 2. The van der Waals surface area contributed by atoms with Crippen LogP contribution in [0.25, 0.3) is 0 Å². The number of hydrogen-bond acceptors (Lipinski definition) is 5. The van der Waals surface area contributed by atoms with Crippen molar-refractivity contribution >= 4 is 31.5 Å². The molecule has 7 nitrogen and oxygen atoms in total. The van der Waals surface area contributed by atoms with Crippen LogP contribution in [-0.4, -0.2) is 33.7 Å². The van der Waals surface area contributed by atoms with Gasteiger partial charge in [0, 0.05) is 6.26 Å². The van der Waals surface area contributed by atoms with E-state index in [-0.39, 0.29) is 5.69 Å². The molecule has 0 radical (unpaired) electrons. The predicted octanol–water partition coefficient (Wildman–Crippen LogP) is 0.235. The highest BCUT2D eigenvalue weighted by atomic mass is 32.2. The van der Waals surface area contributed by atoms with Gasteiger partial charge in [0.2, 0.25) is 15.9 Å². The molecule has 1 aromatic rings. The predicted molar refractivity (Wildman–Crippen MR) is 75.3 cm³/mol. The Morgan fingerprint density at radius 2 is 1.76 bits per heavy atom. The second kappa shape index (κ2) is 5.35. The third kappa shape index (κ3) is 3.77. The lowest BCUT2D eigenvalue weighted by molar-refractivity contribution is -0.117. The summed E-state index contributed by atoms with van der Waals surface area (Å²) in [4.78, 5) is 11.5. The van der Waals surface area contributed by atoms with Gasteiger partial charge in [0.25, 0.3) is 0 Å². The van der Waals surface area contributed by atoms with E-state index in [1.807, 2.05) is 0 Å². The maximum Gasteiger partial charge on any atom is 0.245 e. The Kier molecular flexibility index (Phi) is 4.47. The van der Waals surface area contributed by atoms with Gasteiger partial charge in [-0.25, -0.2) is 26.4 Å². The molecule has 10 heteroatoms. The number of nitrogens with two attached hydrogens (primary N) is 1. The molecular formula is C11H15FN2O5S2. The molecule has 0 aromatic heterocycles. The lowest BCUT2D eigenvalue weighted by Gasteiger charge is -2.21. The van der Waals surface area contributed by atoms with E-state index in [9.17, 15) is 26.0 Å². The summed E-state index contributed by atoms with van der Waals surface area (Å²) in [6.45, 7) is 2.35. The highest BCUT2D eigenvalue weighted by molar-refractivity contribution is 7.92. The minimum absolute atomic E-state index is 0.343. The molecule has 0 saturated carbocycles. The number of sulfonamides is 1. The summed E-state index contributed by atoms with van der Waals surface area (Å²) in [5.41, 5.74) is -0.343. The van der Waals surface area contributed by atoms with Gasteiger partial charge in [0.1, 0.15) is 10.6 Å². The molecule has 0 spiro atoms. The van der Waals surface area contributed by atoms with Gasteiger partial charge in [0.15, 0.2) is 9.84 Å². The SMILES string of the molecule is CC(C)(C(=O)Nc1ccc(S(N)(=O)=O)cc1F)S(C)(=O)=O. The minimum Gasteiger partial charge on any atom is -0.322 e. The zero-order chi connectivity index (χ0) is 16.6. The second-order valence-electron chi connectivity index (χ2n) is 4.92. The number of carbonyl (C=O) groups excluding carboxylic acids is 1. The van der Waals surface area contributed by atoms with E-state index in [1.165, 1.54) is 13.8 Å². The summed E-state index contributed by atoms with van der Waals surface area (Å²) >= 11 is 0. The van der Waals surface area contributed by atoms with Gasteiger partial charge in [-0.05, 0) is 32.0 Å². The summed E-state index contributed by atoms with van der Waals surface area (Å²) < 4.78 is 57.1. The molecule has 21 heavy (non-hydrogen) atoms. The summed E-state index contributed by atoms with van der Waals surface area (Å²) in [6, 6.07) is 2.63. The molecule has 0 fully saturated rings. The van der Waals surface area contributed by atoms with Crippen molar-refractivity contribution in [2.75, 3.05) is 11.6 Å². The standard InChI is InChI=1S/C11H15FN2O5S2/c1-11(2,20(3,16)17)10(15)14-9-5-4-7(6-8(9)12)21(13,18)19/h4-6H,1-3H3,(H,14,15)(H2,13,18,19). The van der Waals surface area contributed by atoms with Crippen molar-refractivity contribution in [2.45, 2.75) is 23.5 Å². The Balaban J connectivity index is 3.14. The van der Waals surface area contributed by atoms with Gasteiger partial charge < -0.3 is 5.32 Å². The zero-order valence-corrected chi connectivity index (χ0v) is 13.2. The smallest absolute Gasteiger partial charge is 0.245 e. The number of benzene rings is 1. The van der Waals surface area contributed by atoms with Gasteiger partial charge in [-0.3, -0.25) is 4.79 Å². The van der Waals surface area contributed by atoms with Crippen LogP contribution in [0.5, 0.6) is 0 Å². The summed E-state index contributed by atoms with van der Waals surface area (Å²) in [5.74, 6) is -1.98. The molecule has 1 rings (SSSR count). The minimum atomic E-state index is -4.07. The van der Waals surface area contributed by atoms with Crippen LogP contribution in [0.3, 0.4) is 0 Å². The number of rotatable bonds is 4. The van der Waals surface area contributed by atoms with Crippen molar-refractivity contribution in [1.29, 1.82) is 0 Å². The van der Waals surface area contributed by atoms with Crippen molar-refractivity contribution < 1.29 is 26.0 Å². The van der Waals surface area contributed by atoms with Crippen LogP contribution < -0.4 is 10.5 Å². The Labute approximate surface area is 122 Å². The second-order valence-corrected chi connectivity index (χ2v) is 9.05. The van der Waals surface area contributed by atoms with E-state index < -0.39 is 41.2 Å². The third-order valence-electron chi connectivity index (χ3n) is 2.99. The van der Waals surface area contributed by atoms with Crippen LogP contribution in [0.2, 0.25) is 0 Å². The number of primary sulfonamides is 1. The van der Waals surface area contributed by atoms with Gasteiger partial charge in [0.05, 0.1) is 10.6 Å². The van der Waals surface area contributed by atoms with Crippen molar-refractivity contribution in [3.63, 3.8) is 0 Å². The first-order valence-corrected chi connectivity index (χ1v) is 9.04. The van der Waals surface area contributed by atoms with Crippen LogP contribution in [0.4, 0.5) is 10.1 Å². The molecule has 0 aliphatic rings. The van der Waals surface area contributed by atoms with Crippen molar-refractivity contribution in [1.82, 2.24) is 0 Å². The monoisotopic (exact) mass is 338 g/mol. The maximum absolute atomic E-state index is 13.7. The first-order valence-electron chi connectivity index (χ1n) is 5.60. The number of nitrogens with one attached hydrogen (secondary N) is 1. The molecule has 0 aliphatic heterocycles. The number of carbonyl (C=O) groups is 1. The van der Waals surface area contributed by atoms with Crippen molar-refractivity contribution in [3.8, 4) is 0 Å². The van der Waals surface area contributed by atoms with Crippen LogP contribution in [0.1, 0.15) is 13.8 Å². The summed E-state index contributed by atoms with van der Waals surface area (Å²) in [6.07, 6.45) is 0.882. The van der Waals surface area contributed by atoms with Crippen LogP contribution in [-0.2, 0) is 24.7 Å². The molecule has 0 atom stereocenters. The molecule has 0 unspecified atom stereocenters. The van der Waals surface area contributed by atoms with E-state index in [1.54, 1.807) is 0 Å². The molecule has 1 aromatic carbocycles. The lowest BCUT2D eigenvalue weighted by Crippen LogP contribution is -2.44. The van der Waals surface area contributed by atoms with Gasteiger partial charge >= 0.3 is 0 Å². The number of anilines is 1. The third-order valence-corrected chi connectivity index (χ3v) is 5.94. The van der Waals surface area contributed by atoms with E-state index in [2.05, 4.69) is 5.32 Å². The molecule has 3 N–H and O–H groups in total. The topological polar surface area (TPSA) is 123 Å². The van der Waals surface area contributed by atoms with Gasteiger partial charge in [-0.1, -0.05) is 0 Å². The van der Waals surface area contributed by atoms with E-state index in [0.717, 1.165) is 18.4 Å². The Morgan fingerprint density at radius 3 is 2.14 bits per heavy atom. The number of halogens is 1. The maximum atomic E-state index is 13.7. The lowest BCUT2D eigenvalue weighted by atomic mass is 10.2. The van der Waals surface area contributed by atoms with Crippen LogP contribution in [0, 0.1) is 5.82 Å². The average Bonchev–Trinajstić information content (AvgIpc) is 2.28. The van der Waals surface area contributed by atoms with Gasteiger partial charge in [-0.2, -0.15) is 0 Å². The summed E-state index contributed by atoms with van der Waals surface area (Å²) in [5, 5.41) is 6.95. The van der Waals surface area contributed by atoms with E-state index in [4.69, 9.17) is 5.14 Å². The quantitative estimate of drug-likeness (QED) is 0.813. The molecule has 1 amide bonds. The van der Waals surface area contributed by atoms with E-state index >= 15 is 0 Å². The fraction of sp³-hybridized carbons (Fsp3) is 0.364. The Bertz CT molecular complexity index is 785. The zero-order valence-electron chi connectivity index (χ0n) is 11.5. The van der Waals surface area contributed by atoms with Gasteiger partial charge in [-0.15, -0.1) is 0 Å². The largest absolute Gasteiger partial charge is 0.322 e. The normalized spacial score (nSPS) is 13.0. The number of sulfone groups is 1.